The lowest BCUT2D eigenvalue weighted by Crippen LogP contribution is -1.99. The lowest BCUT2D eigenvalue weighted by atomic mass is 11.0. The molecule has 6 heavy (non-hydrogen) atoms. The third-order valence-electron chi connectivity index (χ3n) is 0. The Morgan fingerprint density at radius 2 is 1.17 bits per heavy atom. The molecule has 0 unspecified atom stereocenters. The van der Waals surface area contributed by atoms with Gasteiger partial charge in [0.25, 0.3) is 0 Å². The summed E-state index contributed by atoms with van der Waals surface area (Å²) in [5, 5.41) is 5.50. The highest BCUT2D eigenvalue weighted by Gasteiger charge is 1.58. The summed E-state index contributed by atoms with van der Waals surface area (Å²) < 4.78 is 8.50. The molecule has 0 bridgehead atoms. The van der Waals surface area contributed by atoms with E-state index in [2.05, 4.69) is 0 Å². The van der Waals surface area contributed by atoms with E-state index < -0.39 is 0 Å². The molecule has 0 fully saturated rings. The maximum atomic E-state index is 8.50. The first-order chi connectivity index (χ1) is 2.73. The van der Waals surface area contributed by atoms with Gasteiger partial charge in [0.15, 0.2) is 0 Å². The summed E-state index contributed by atoms with van der Waals surface area (Å²) in [6.45, 7) is 0. The van der Waals surface area contributed by atoms with Crippen molar-refractivity contribution in [3.05, 3.63) is 0 Å². The zero-order chi connectivity index (χ0) is 5.58. The fourth-order valence-corrected chi connectivity index (χ4v) is 0. The van der Waals surface area contributed by atoms with Crippen LogP contribution in [0.1, 0.15) is 0 Å². The molecule has 0 aromatic heterocycles. The third kappa shape index (κ3) is 1390. The van der Waals surface area contributed by atoms with E-state index in [0.29, 0.717) is 0 Å². The second-order valence-corrected chi connectivity index (χ2v) is 1.34. The molecule has 0 aromatic rings. The van der Waals surface area contributed by atoms with Gasteiger partial charge in [0.05, 0.1) is 0 Å². The van der Waals surface area contributed by atoms with Crippen molar-refractivity contribution in [3.63, 3.8) is 0 Å². The predicted octanol–water partition coefficient (Wildman–Crippen LogP) is 0.0410. The highest BCUT2D eigenvalue weighted by atomic mass is 19.3. The van der Waals surface area contributed by atoms with Gasteiger partial charge in [-0.2, -0.15) is 0 Å². The molecule has 1 N–H and O–H groups in total. The molecule has 0 aromatic carbocycles. The van der Waals surface area contributed by atoms with Gasteiger partial charge in [0.2, 0.25) is 0 Å². The number of nitrogens with zero attached hydrogens (tertiary/aromatic N) is 1. The molecule has 0 aliphatic heterocycles. The normalized spacial score (nSPS) is 7.00. The van der Waals surface area contributed by atoms with Crippen LogP contribution < -0.4 is 0 Å². The Kier molecular flexibility index (Phi) is 13.7. The Bertz CT molecular complexity index is 15.5. The third-order valence-corrected chi connectivity index (χ3v) is 0. The molecular weight excluding hydrogens is 85.0 g/mol. The summed E-state index contributed by atoms with van der Waals surface area (Å²) in [4.78, 5) is 2.00. The summed E-state index contributed by atoms with van der Waals surface area (Å²) >= 11 is 0. The van der Waals surface area contributed by atoms with E-state index in [1.165, 1.54) is 0 Å². The van der Waals surface area contributed by atoms with Crippen LogP contribution in [-0.4, -0.2) is 31.4 Å². The molecular formula is C3H10FNO. The molecule has 2 nitrogen and oxygen atoms in total. The topological polar surface area (TPSA) is 23.5 Å². The van der Waals surface area contributed by atoms with Crippen molar-refractivity contribution in [3.8, 4) is 0 Å². The van der Waals surface area contributed by atoms with Crippen molar-refractivity contribution < 1.29 is 9.84 Å². The molecule has 0 rings (SSSR count). The summed E-state index contributed by atoms with van der Waals surface area (Å²) in [6, 6.07) is 0. The van der Waals surface area contributed by atoms with Crippen LogP contribution in [0.2, 0.25) is 0 Å². The molecule has 0 aliphatic rings. The molecule has 40 valence electrons. The second-order valence-electron chi connectivity index (χ2n) is 1.34. The van der Waals surface area contributed by atoms with Gasteiger partial charge >= 0.3 is 0 Å². The van der Waals surface area contributed by atoms with Crippen LogP contribution in [0.5, 0.6) is 0 Å². The Morgan fingerprint density at radius 3 is 1.17 bits per heavy atom. The zero-order valence-corrected chi connectivity index (χ0v) is 4.27. The minimum Gasteiger partial charge on any atom is -0.312 e. The maximum absolute atomic E-state index is 8.50. The minimum absolute atomic E-state index is 2.00. The first-order valence-corrected chi connectivity index (χ1v) is 1.51. The number of rotatable bonds is 0. The standard InChI is InChI=1S/C3H9N.FHO/c1-4(2)3;1-2/h1-3H3;2H. The van der Waals surface area contributed by atoms with E-state index in [-0.39, 0.29) is 0 Å². The lowest BCUT2D eigenvalue weighted by Gasteiger charge is -1.90. The first kappa shape index (κ1) is 9.28. The fraction of sp³-hybridized carbons (Fsp3) is 1.00. The molecule has 0 heterocycles. The van der Waals surface area contributed by atoms with Gasteiger partial charge in [0.1, 0.15) is 0 Å². The van der Waals surface area contributed by atoms with E-state index >= 15 is 0 Å². The van der Waals surface area contributed by atoms with E-state index in [1.54, 1.807) is 0 Å². The Hall–Kier alpha value is -0.150. The van der Waals surface area contributed by atoms with Crippen molar-refractivity contribution in [2.45, 2.75) is 0 Å². The quantitative estimate of drug-likeness (QED) is 0.459. The average molecular weight is 95.1 g/mol. The largest absolute Gasteiger partial charge is 0.312 e. The van der Waals surface area contributed by atoms with Crippen LogP contribution in [0.25, 0.3) is 0 Å². The fourth-order valence-electron chi connectivity index (χ4n) is 0. The smallest absolute Gasteiger partial charge is 0.0140 e. The minimum atomic E-state index is 2.00. The van der Waals surface area contributed by atoms with Crippen LogP contribution in [0.15, 0.2) is 0 Å². The van der Waals surface area contributed by atoms with Crippen molar-refractivity contribution in [1.82, 2.24) is 4.90 Å². The lowest BCUT2D eigenvalue weighted by molar-refractivity contribution is -0.0441. The molecule has 0 atom stereocenters. The van der Waals surface area contributed by atoms with Gasteiger partial charge in [-0.05, 0) is 21.1 Å². The van der Waals surface area contributed by atoms with Crippen LogP contribution >= 0.6 is 0 Å². The van der Waals surface area contributed by atoms with Gasteiger partial charge in [-0.15, -0.1) is 0 Å². The summed E-state index contributed by atoms with van der Waals surface area (Å²) in [6.07, 6.45) is 0. The Morgan fingerprint density at radius 1 is 1.17 bits per heavy atom. The molecule has 0 saturated carbocycles. The van der Waals surface area contributed by atoms with Crippen molar-refractivity contribution >= 4 is 0 Å². The first-order valence-electron chi connectivity index (χ1n) is 1.51. The summed E-state index contributed by atoms with van der Waals surface area (Å²) in [5.74, 6) is 0. The number of halogens is 1. The highest BCUT2D eigenvalue weighted by Crippen LogP contribution is 1.47. The van der Waals surface area contributed by atoms with E-state index in [9.17, 15) is 0 Å². The van der Waals surface area contributed by atoms with Crippen LogP contribution in [-0.2, 0) is 0 Å². The van der Waals surface area contributed by atoms with E-state index in [1.807, 2.05) is 26.0 Å². The van der Waals surface area contributed by atoms with Crippen molar-refractivity contribution in [2.75, 3.05) is 21.1 Å². The van der Waals surface area contributed by atoms with Crippen molar-refractivity contribution in [1.29, 1.82) is 0 Å². The molecule has 3 heteroatoms. The summed E-state index contributed by atoms with van der Waals surface area (Å²) in [5.41, 5.74) is 0. The monoisotopic (exact) mass is 95.1 g/mol. The molecule has 0 saturated heterocycles. The SMILES string of the molecule is CN(C)C.OF. The molecule has 0 aliphatic carbocycles. The van der Waals surface area contributed by atoms with Crippen LogP contribution in [0.3, 0.4) is 0 Å². The Labute approximate surface area is 37.1 Å². The molecule has 0 radical (unpaired) electrons. The predicted molar refractivity (Wildman–Crippen MR) is 22.9 cm³/mol. The number of hydrogen-bond donors (Lipinski definition) is 1. The Balaban J connectivity index is 0. The highest BCUT2D eigenvalue weighted by molar-refractivity contribution is 4.09. The second kappa shape index (κ2) is 8.85. The van der Waals surface area contributed by atoms with Crippen LogP contribution in [0.4, 0.5) is 4.53 Å². The van der Waals surface area contributed by atoms with Gasteiger partial charge in [-0.3, -0.25) is 0 Å². The molecule has 0 amide bonds. The van der Waals surface area contributed by atoms with E-state index in [0.717, 1.165) is 0 Å². The van der Waals surface area contributed by atoms with E-state index in [4.69, 9.17) is 9.84 Å². The van der Waals surface area contributed by atoms with Crippen LogP contribution in [0, 0.1) is 0 Å². The number of hydrogen-bond acceptors (Lipinski definition) is 2. The summed E-state index contributed by atoms with van der Waals surface area (Å²) in [7, 11) is 6.00. The average Bonchev–Trinajstić information content (AvgIpc) is 1.41. The molecule has 0 spiro atoms. The van der Waals surface area contributed by atoms with Gasteiger partial charge in [0, 0.05) is 0 Å². The van der Waals surface area contributed by atoms with Crippen molar-refractivity contribution in [2.24, 2.45) is 0 Å². The van der Waals surface area contributed by atoms with Gasteiger partial charge < -0.3 is 4.90 Å². The maximum Gasteiger partial charge on any atom is -0.0140 e. The zero-order valence-electron chi connectivity index (χ0n) is 4.27. The van der Waals surface area contributed by atoms with Gasteiger partial charge in [-0.1, -0.05) is 4.53 Å². The van der Waals surface area contributed by atoms with Gasteiger partial charge in [-0.25, -0.2) is 5.31 Å².